The number of hydrogen-bond donors (Lipinski definition) is 2. The van der Waals surface area contributed by atoms with E-state index in [0.29, 0.717) is 25.1 Å². The molecule has 0 saturated carbocycles. The number of anilines is 1. The maximum atomic E-state index is 11.5. The summed E-state index contributed by atoms with van der Waals surface area (Å²) in [5.41, 5.74) is 1.51. The summed E-state index contributed by atoms with van der Waals surface area (Å²) in [5.74, 6) is -0.0372. The molecule has 0 bridgehead atoms. The van der Waals surface area contributed by atoms with E-state index >= 15 is 0 Å². The third-order valence-electron chi connectivity index (χ3n) is 2.41. The monoisotopic (exact) mass is 237 g/mol. The van der Waals surface area contributed by atoms with Gasteiger partial charge in [-0.25, -0.2) is 0 Å². The van der Waals surface area contributed by atoms with Crippen molar-refractivity contribution in [2.75, 3.05) is 19.0 Å². The molecule has 4 nitrogen and oxygen atoms in total. The molecule has 0 aliphatic heterocycles. The van der Waals surface area contributed by atoms with Crippen molar-refractivity contribution in [3.63, 3.8) is 0 Å². The quantitative estimate of drug-likeness (QED) is 0.745. The lowest BCUT2D eigenvalue weighted by Gasteiger charge is -2.09. The predicted octanol–water partition coefficient (Wildman–Crippen LogP) is 2.11. The first-order valence-electron chi connectivity index (χ1n) is 5.70. The predicted molar refractivity (Wildman–Crippen MR) is 66.8 cm³/mol. The van der Waals surface area contributed by atoms with Crippen molar-refractivity contribution in [2.24, 2.45) is 0 Å². The van der Waals surface area contributed by atoms with Crippen LogP contribution in [0.15, 0.2) is 24.3 Å². The van der Waals surface area contributed by atoms with Gasteiger partial charge in [-0.1, -0.05) is 12.1 Å². The number of carbonyl (C=O) groups excluding carboxylic acids is 1. The van der Waals surface area contributed by atoms with Gasteiger partial charge in [-0.15, -0.1) is 0 Å². The van der Waals surface area contributed by atoms with Gasteiger partial charge in [-0.05, 0) is 31.0 Å². The summed E-state index contributed by atoms with van der Waals surface area (Å²) in [7, 11) is 1.62. The third-order valence-corrected chi connectivity index (χ3v) is 2.41. The van der Waals surface area contributed by atoms with Crippen LogP contribution >= 0.6 is 0 Å². The standard InChI is InChI=1S/C13H19NO3/c1-10(15)11-5-3-6-12(9-11)14-13(16)7-4-8-17-2/h3,5-6,9-10,15H,4,7-8H2,1-2H3,(H,14,16). The Bertz CT molecular complexity index is 363. The second kappa shape index (κ2) is 7.04. The van der Waals surface area contributed by atoms with Crippen LogP contribution in [0.25, 0.3) is 0 Å². The smallest absolute Gasteiger partial charge is 0.224 e. The SMILES string of the molecule is COCCCC(=O)Nc1cccc(C(C)O)c1. The third kappa shape index (κ3) is 4.97. The minimum Gasteiger partial charge on any atom is -0.389 e. The Morgan fingerprint density at radius 2 is 2.29 bits per heavy atom. The van der Waals surface area contributed by atoms with Crippen molar-refractivity contribution >= 4 is 11.6 Å². The number of ether oxygens (including phenoxy) is 1. The van der Waals surface area contributed by atoms with Crippen molar-refractivity contribution in [2.45, 2.75) is 25.9 Å². The van der Waals surface area contributed by atoms with E-state index in [2.05, 4.69) is 5.32 Å². The van der Waals surface area contributed by atoms with E-state index in [1.807, 2.05) is 12.1 Å². The Kier molecular flexibility index (Phi) is 5.66. The molecule has 0 aliphatic carbocycles. The normalized spacial score (nSPS) is 12.2. The maximum Gasteiger partial charge on any atom is 0.224 e. The van der Waals surface area contributed by atoms with Gasteiger partial charge in [-0.3, -0.25) is 4.79 Å². The van der Waals surface area contributed by atoms with E-state index < -0.39 is 6.10 Å². The Morgan fingerprint density at radius 1 is 1.53 bits per heavy atom. The van der Waals surface area contributed by atoms with Crippen LogP contribution < -0.4 is 5.32 Å². The molecule has 4 heteroatoms. The van der Waals surface area contributed by atoms with Gasteiger partial charge in [0.05, 0.1) is 6.10 Å². The summed E-state index contributed by atoms with van der Waals surface area (Å²) in [6.07, 6.45) is 0.617. The van der Waals surface area contributed by atoms with Gasteiger partial charge in [0.25, 0.3) is 0 Å². The van der Waals surface area contributed by atoms with Gasteiger partial charge in [0.15, 0.2) is 0 Å². The molecular weight excluding hydrogens is 218 g/mol. The number of nitrogens with one attached hydrogen (secondary N) is 1. The van der Waals surface area contributed by atoms with E-state index in [9.17, 15) is 9.90 Å². The van der Waals surface area contributed by atoms with E-state index in [-0.39, 0.29) is 5.91 Å². The van der Waals surface area contributed by atoms with Crippen molar-refractivity contribution in [1.82, 2.24) is 0 Å². The van der Waals surface area contributed by atoms with Gasteiger partial charge in [0.2, 0.25) is 5.91 Å². The van der Waals surface area contributed by atoms with Crippen LogP contribution in [0.2, 0.25) is 0 Å². The van der Waals surface area contributed by atoms with E-state index in [1.165, 1.54) is 0 Å². The fourth-order valence-electron chi connectivity index (χ4n) is 1.48. The number of amides is 1. The molecule has 1 rings (SSSR count). The van der Waals surface area contributed by atoms with E-state index in [1.54, 1.807) is 26.2 Å². The van der Waals surface area contributed by atoms with E-state index in [4.69, 9.17) is 4.74 Å². The number of rotatable bonds is 6. The summed E-state index contributed by atoms with van der Waals surface area (Å²) in [6, 6.07) is 7.22. The average molecular weight is 237 g/mol. The molecule has 1 aromatic rings. The second-order valence-electron chi connectivity index (χ2n) is 3.95. The van der Waals surface area contributed by atoms with Crippen LogP contribution in [0.5, 0.6) is 0 Å². The van der Waals surface area contributed by atoms with Gasteiger partial charge in [0.1, 0.15) is 0 Å². The highest BCUT2D eigenvalue weighted by Crippen LogP contribution is 2.17. The molecule has 0 saturated heterocycles. The first-order chi connectivity index (χ1) is 8.13. The van der Waals surface area contributed by atoms with Gasteiger partial charge < -0.3 is 15.2 Å². The number of aliphatic hydroxyl groups excluding tert-OH is 1. The Morgan fingerprint density at radius 3 is 2.94 bits per heavy atom. The largest absolute Gasteiger partial charge is 0.389 e. The Balaban J connectivity index is 2.50. The fourth-order valence-corrected chi connectivity index (χ4v) is 1.48. The average Bonchev–Trinajstić information content (AvgIpc) is 2.29. The molecule has 94 valence electrons. The van der Waals surface area contributed by atoms with Gasteiger partial charge in [0, 0.05) is 25.8 Å². The number of benzene rings is 1. The van der Waals surface area contributed by atoms with Crippen LogP contribution in [0.4, 0.5) is 5.69 Å². The number of carbonyl (C=O) groups is 1. The highest BCUT2D eigenvalue weighted by molar-refractivity contribution is 5.90. The summed E-state index contributed by atoms with van der Waals surface area (Å²) in [4.78, 5) is 11.5. The van der Waals surface area contributed by atoms with Crippen LogP contribution in [0, 0.1) is 0 Å². The summed E-state index contributed by atoms with van der Waals surface area (Å²) < 4.78 is 4.88. The number of aliphatic hydroxyl groups is 1. The lowest BCUT2D eigenvalue weighted by Crippen LogP contribution is -2.12. The Labute approximate surface area is 102 Å². The molecule has 2 N–H and O–H groups in total. The molecule has 1 amide bonds. The zero-order valence-electron chi connectivity index (χ0n) is 10.3. The zero-order valence-corrected chi connectivity index (χ0v) is 10.3. The van der Waals surface area contributed by atoms with Gasteiger partial charge >= 0.3 is 0 Å². The minimum absolute atomic E-state index is 0.0372. The molecule has 0 radical (unpaired) electrons. The molecule has 0 heterocycles. The van der Waals surface area contributed by atoms with Gasteiger partial charge in [-0.2, -0.15) is 0 Å². The zero-order chi connectivity index (χ0) is 12.7. The molecule has 0 aliphatic rings. The maximum absolute atomic E-state index is 11.5. The second-order valence-corrected chi connectivity index (χ2v) is 3.95. The highest BCUT2D eigenvalue weighted by Gasteiger charge is 2.04. The fraction of sp³-hybridized carbons (Fsp3) is 0.462. The number of hydrogen-bond acceptors (Lipinski definition) is 3. The first kappa shape index (κ1) is 13.7. The highest BCUT2D eigenvalue weighted by atomic mass is 16.5. The van der Waals surface area contributed by atoms with Crippen molar-refractivity contribution < 1.29 is 14.6 Å². The van der Waals surface area contributed by atoms with Crippen LogP contribution in [0.1, 0.15) is 31.4 Å². The molecule has 0 spiro atoms. The first-order valence-corrected chi connectivity index (χ1v) is 5.70. The Hall–Kier alpha value is -1.39. The van der Waals surface area contributed by atoms with Crippen molar-refractivity contribution in [3.8, 4) is 0 Å². The van der Waals surface area contributed by atoms with E-state index in [0.717, 1.165) is 5.56 Å². The molecule has 1 unspecified atom stereocenters. The van der Waals surface area contributed by atoms with Crippen LogP contribution in [-0.4, -0.2) is 24.7 Å². The topological polar surface area (TPSA) is 58.6 Å². The molecule has 1 atom stereocenters. The summed E-state index contributed by atoms with van der Waals surface area (Å²) in [6.45, 7) is 2.28. The lowest BCUT2D eigenvalue weighted by molar-refractivity contribution is -0.116. The molecule has 1 aromatic carbocycles. The molecule has 0 fully saturated rings. The summed E-state index contributed by atoms with van der Waals surface area (Å²) >= 11 is 0. The summed E-state index contributed by atoms with van der Waals surface area (Å²) in [5, 5.41) is 12.2. The minimum atomic E-state index is -0.527. The lowest BCUT2D eigenvalue weighted by atomic mass is 10.1. The molecule has 17 heavy (non-hydrogen) atoms. The van der Waals surface area contributed by atoms with Crippen LogP contribution in [-0.2, 0) is 9.53 Å². The molecular formula is C13H19NO3. The number of methoxy groups -OCH3 is 1. The van der Waals surface area contributed by atoms with Crippen molar-refractivity contribution in [3.05, 3.63) is 29.8 Å². The molecule has 0 aromatic heterocycles. The van der Waals surface area contributed by atoms with Crippen LogP contribution in [0.3, 0.4) is 0 Å². The van der Waals surface area contributed by atoms with Crippen molar-refractivity contribution in [1.29, 1.82) is 0 Å².